The first-order valence-corrected chi connectivity index (χ1v) is 8.04. The molecule has 2 aromatic rings. The molecular formula is C15H19N3O2S. The Morgan fingerprint density at radius 1 is 1.43 bits per heavy atom. The molecule has 0 radical (unpaired) electrons. The van der Waals surface area contributed by atoms with E-state index < -0.39 is 0 Å². The number of ether oxygens (including phenoxy) is 1. The number of nitrogens with one attached hydrogen (secondary N) is 1. The minimum absolute atomic E-state index is 0.0861. The molecule has 3 rings (SSSR count). The Morgan fingerprint density at radius 2 is 2.19 bits per heavy atom. The highest BCUT2D eigenvalue weighted by atomic mass is 32.1. The molecule has 1 aromatic heterocycles. The van der Waals surface area contributed by atoms with Crippen LogP contribution in [0.2, 0.25) is 0 Å². The fourth-order valence-corrected chi connectivity index (χ4v) is 3.56. The third-order valence-corrected chi connectivity index (χ3v) is 4.86. The Bertz CT molecular complexity index is 698. The zero-order valence-corrected chi connectivity index (χ0v) is 12.9. The van der Waals surface area contributed by atoms with Crippen molar-refractivity contribution < 1.29 is 9.53 Å². The molecule has 112 valence electrons. The summed E-state index contributed by atoms with van der Waals surface area (Å²) in [5.41, 5.74) is 3.68. The molecule has 1 heterocycles. The number of nitrogens with zero attached hydrogens (tertiary/aromatic N) is 2. The summed E-state index contributed by atoms with van der Waals surface area (Å²) in [6.07, 6.45) is 4.78. The molecule has 1 aliphatic carbocycles. The van der Waals surface area contributed by atoms with Crippen molar-refractivity contribution in [3.05, 3.63) is 29.1 Å². The fourth-order valence-electron chi connectivity index (χ4n) is 2.58. The van der Waals surface area contributed by atoms with E-state index in [0.29, 0.717) is 0 Å². The van der Waals surface area contributed by atoms with Gasteiger partial charge in [-0.25, -0.2) is 5.43 Å². The van der Waals surface area contributed by atoms with E-state index >= 15 is 0 Å². The predicted molar refractivity (Wildman–Crippen MR) is 82.7 cm³/mol. The second-order valence-corrected chi connectivity index (χ2v) is 6.28. The van der Waals surface area contributed by atoms with Crippen molar-refractivity contribution in [2.75, 3.05) is 6.61 Å². The molecule has 1 saturated carbocycles. The number of benzene rings is 1. The number of rotatable bonds is 4. The first-order valence-electron chi connectivity index (χ1n) is 7.23. The van der Waals surface area contributed by atoms with Gasteiger partial charge in [0.15, 0.2) is 0 Å². The summed E-state index contributed by atoms with van der Waals surface area (Å²) in [7, 11) is 1.94. The molecule has 21 heavy (non-hydrogen) atoms. The normalized spacial score (nSPS) is 16.7. The van der Waals surface area contributed by atoms with Crippen molar-refractivity contribution in [1.29, 1.82) is 0 Å². The molecular weight excluding hydrogens is 286 g/mol. The van der Waals surface area contributed by atoms with E-state index in [0.717, 1.165) is 27.9 Å². The second kappa shape index (κ2) is 6.41. The molecule has 5 nitrogen and oxygen atoms in total. The predicted octanol–water partition coefficient (Wildman–Crippen LogP) is 2.13. The number of fused-ring (bicyclic) bond motifs is 1. The van der Waals surface area contributed by atoms with Crippen LogP contribution < -0.4 is 10.2 Å². The number of carbonyl (C=O) groups excluding carboxylic acids is 1. The molecule has 1 fully saturated rings. The first-order chi connectivity index (χ1) is 10.2. The molecule has 1 N–H and O–H groups in total. The van der Waals surface area contributed by atoms with Gasteiger partial charge >= 0.3 is 0 Å². The monoisotopic (exact) mass is 305 g/mol. The van der Waals surface area contributed by atoms with E-state index in [9.17, 15) is 4.79 Å². The fraction of sp³-hybridized carbons (Fsp3) is 0.467. The number of thiazole rings is 1. The van der Waals surface area contributed by atoms with Crippen LogP contribution in [0.1, 0.15) is 25.7 Å². The quantitative estimate of drug-likeness (QED) is 0.880. The standard InChI is InChI=1S/C15H19N3O2S/c1-18-12-8-4-5-9-13(12)21-15(18)17-16-14(19)10-20-11-6-2-3-7-11/h4-5,8-9,11H,2-3,6-7,10H2,1H3,(H,16,19). The molecule has 0 unspecified atom stereocenters. The Hall–Kier alpha value is -1.66. The van der Waals surface area contributed by atoms with E-state index in [1.165, 1.54) is 12.8 Å². The van der Waals surface area contributed by atoms with Gasteiger partial charge in [-0.15, -0.1) is 5.10 Å². The maximum atomic E-state index is 11.8. The van der Waals surface area contributed by atoms with Crippen LogP contribution in [-0.4, -0.2) is 23.2 Å². The minimum atomic E-state index is -0.195. The number of aromatic nitrogens is 1. The Labute approximate surface area is 127 Å². The second-order valence-electron chi connectivity index (χ2n) is 5.28. The SMILES string of the molecule is Cn1c(=NNC(=O)COC2CCCC2)sc2ccccc21. The lowest BCUT2D eigenvalue weighted by atomic mass is 10.3. The van der Waals surface area contributed by atoms with Crippen LogP contribution >= 0.6 is 11.3 Å². The van der Waals surface area contributed by atoms with E-state index in [1.807, 2.05) is 35.9 Å². The average Bonchev–Trinajstić information content (AvgIpc) is 3.12. The van der Waals surface area contributed by atoms with Crippen molar-refractivity contribution >= 4 is 27.5 Å². The zero-order valence-electron chi connectivity index (χ0n) is 12.0. The number of hydrogen-bond donors (Lipinski definition) is 1. The van der Waals surface area contributed by atoms with Gasteiger partial charge in [-0.3, -0.25) is 4.79 Å². The van der Waals surface area contributed by atoms with Crippen LogP contribution in [0.3, 0.4) is 0 Å². The highest BCUT2D eigenvalue weighted by molar-refractivity contribution is 7.16. The third-order valence-electron chi connectivity index (χ3n) is 3.74. The van der Waals surface area contributed by atoms with E-state index in [-0.39, 0.29) is 18.6 Å². The van der Waals surface area contributed by atoms with Gasteiger partial charge in [0.1, 0.15) is 6.61 Å². The lowest BCUT2D eigenvalue weighted by Gasteiger charge is -2.09. The van der Waals surface area contributed by atoms with Crippen molar-refractivity contribution in [3.63, 3.8) is 0 Å². The summed E-state index contributed by atoms with van der Waals surface area (Å²) in [5.74, 6) is -0.195. The third kappa shape index (κ3) is 3.33. The Kier molecular flexibility index (Phi) is 4.36. The summed E-state index contributed by atoms with van der Waals surface area (Å²) in [6, 6.07) is 8.07. The molecule has 1 aliphatic rings. The van der Waals surface area contributed by atoms with Crippen LogP contribution in [0.4, 0.5) is 0 Å². The molecule has 1 aromatic carbocycles. The highest BCUT2D eigenvalue weighted by Crippen LogP contribution is 2.20. The number of carbonyl (C=O) groups is 1. The zero-order chi connectivity index (χ0) is 14.7. The number of aryl methyl sites for hydroxylation is 1. The molecule has 6 heteroatoms. The largest absolute Gasteiger partial charge is 0.368 e. The molecule has 0 bridgehead atoms. The molecule has 0 saturated heterocycles. The summed E-state index contributed by atoms with van der Waals surface area (Å²) in [6.45, 7) is 0.0861. The van der Waals surface area contributed by atoms with Crippen molar-refractivity contribution in [1.82, 2.24) is 9.99 Å². The number of hydrogen-bond acceptors (Lipinski definition) is 4. The Morgan fingerprint density at radius 3 is 2.95 bits per heavy atom. The van der Waals surface area contributed by atoms with Gasteiger partial charge in [-0.1, -0.05) is 36.3 Å². The molecule has 0 atom stereocenters. The summed E-state index contributed by atoms with van der Waals surface area (Å²) < 4.78 is 8.69. The van der Waals surface area contributed by atoms with Gasteiger partial charge in [0.2, 0.25) is 4.80 Å². The van der Waals surface area contributed by atoms with Gasteiger partial charge < -0.3 is 9.30 Å². The Balaban J connectivity index is 1.63. The van der Waals surface area contributed by atoms with Crippen LogP contribution in [0, 0.1) is 0 Å². The molecule has 1 amide bonds. The van der Waals surface area contributed by atoms with Crippen LogP contribution in [0.5, 0.6) is 0 Å². The summed E-state index contributed by atoms with van der Waals surface area (Å²) >= 11 is 1.55. The lowest BCUT2D eigenvalue weighted by molar-refractivity contribution is -0.127. The lowest BCUT2D eigenvalue weighted by Crippen LogP contribution is -2.28. The van der Waals surface area contributed by atoms with Gasteiger partial charge in [0.05, 0.1) is 16.3 Å². The first kappa shape index (κ1) is 14.3. The van der Waals surface area contributed by atoms with Gasteiger partial charge in [0.25, 0.3) is 5.91 Å². The van der Waals surface area contributed by atoms with Crippen molar-refractivity contribution in [3.8, 4) is 0 Å². The summed E-state index contributed by atoms with van der Waals surface area (Å²) in [5, 5.41) is 4.19. The van der Waals surface area contributed by atoms with Crippen LogP contribution in [0.25, 0.3) is 10.2 Å². The molecule has 0 spiro atoms. The maximum Gasteiger partial charge on any atom is 0.266 e. The highest BCUT2D eigenvalue weighted by Gasteiger charge is 2.16. The minimum Gasteiger partial charge on any atom is -0.368 e. The van der Waals surface area contributed by atoms with Crippen molar-refractivity contribution in [2.24, 2.45) is 12.1 Å². The topological polar surface area (TPSA) is 55.6 Å². The van der Waals surface area contributed by atoms with Crippen LogP contribution in [0.15, 0.2) is 29.4 Å². The van der Waals surface area contributed by atoms with Crippen LogP contribution in [-0.2, 0) is 16.6 Å². The summed E-state index contributed by atoms with van der Waals surface area (Å²) in [4.78, 5) is 12.5. The number of amides is 1. The van der Waals surface area contributed by atoms with E-state index in [1.54, 1.807) is 11.3 Å². The molecule has 0 aliphatic heterocycles. The van der Waals surface area contributed by atoms with E-state index in [2.05, 4.69) is 10.5 Å². The smallest absolute Gasteiger partial charge is 0.266 e. The van der Waals surface area contributed by atoms with E-state index in [4.69, 9.17) is 4.74 Å². The van der Waals surface area contributed by atoms with Crippen molar-refractivity contribution in [2.45, 2.75) is 31.8 Å². The van der Waals surface area contributed by atoms with Gasteiger partial charge in [0, 0.05) is 7.05 Å². The number of para-hydroxylation sites is 1. The maximum absolute atomic E-state index is 11.8. The average molecular weight is 305 g/mol. The van der Waals surface area contributed by atoms with Gasteiger partial charge in [-0.2, -0.15) is 0 Å². The van der Waals surface area contributed by atoms with Gasteiger partial charge in [-0.05, 0) is 25.0 Å².